The second-order valence-corrected chi connectivity index (χ2v) is 9.09. The van der Waals surface area contributed by atoms with E-state index in [-0.39, 0.29) is 0 Å². The average Bonchev–Trinajstić information content (AvgIpc) is 3.02. The minimum Gasteiger partial charge on any atom is -0.404 e. The first-order chi connectivity index (χ1) is 19.2. The van der Waals surface area contributed by atoms with Gasteiger partial charge in [-0.05, 0) is 27.5 Å². The molecule has 0 aliphatic rings. The largest absolute Gasteiger partial charge is 0.404 e. The molecule has 1 heterocycles. The van der Waals surface area contributed by atoms with Gasteiger partial charge >= 0.3 is 0 Å². The predicted molar refractivity (Wildman–Crippen MR) is 160 cm³/mol. The molecule has 6 rings (SSSR count). The summed E-state index contributed by atoms with van der Waals surface area (Å²) in [7, 11) is 0. The van der Waals surface area contributed by atoms with Crippen molar-refractivity contribution in [1.82, 2.24) is 15.0 Å². The zero-order valence-electron chi connectivity index (χ0n) is 21.1. The van der Waals surface area contributed by atoms with Crippen LogP contribution in [0.1, 0.15) is 5.56 Å². The van der Waals surface area contributed by atoms with E-state index in [1.165, 1.54) is 12.4 Å². The molecule has 0 aliphatic heterocycles. The topological polar surface area (TPSA) is 88.5 Å². The quantitative estimate of drug-likeness (QED) is 0.229. The summed E-state index contributed by atoms with van der Waals surface area (Å²) in [5.74, 6) is 1.90. The molecule has 3 N–H and O–H groups in total. The van der Waals surface area contributed by atoms with Crippen LogP contribution in [0.25, 0.3) is 61.6 Å². The van der Waals surface area contributed by atoms with E-state index in [4.69, 9.17) is 26.1 Å². The molecule has 0 radical (unpaired) electrons. The second kappa shape index (κ2) is 10.5. The Kier molecular flexibility index (Phi) is 6.46. The molecule has 5 aromatic carbocycles. The normalized spacial score (nSPS) is 11.4. The van der Waals surface area contributed by atoms with Crippen molar-refractivity contribution in [3.05, 3.63) is 133 Å². The lowest BCUT2D eigenvalue weighted by molar-refractivity contribution is 1.07. The van der Waals surface area contributed by atoms with Gasteiger partial charge in [-0.15, -0.1) is 0 Å². The second-order valence-electron chi connectivity index (χ2n) is 9.09. The molecule has 0 unspecified atom stereocenters. The van der Waals surface area contributed by atoms with Crippen LogP contribution in [-0.4, -0.2) is 21.2 Å². The summed E-state index contributed by atoms with van der Waals surface area (Å²) in [6.07, 6.45) is 2.77. The van der Waals surface area contributed by atoms with Crippen LogP contribution in [-0.2, 0) is 0 Å². The third kappa shape index (κ3) is 4.69. The fourth-order valence-corrected chi connectivity index (χ4v) is 4.75. The molecule has 0 atom stereocenters. The number of allylic oxidation sites excluding steroid dienone is 1. The van der Waals surface area contributed by atoms with Crippen molar-refractivity contribution in [2.45, 2.75) is 0 Å². The number of nitrogens with two attached hydrogens (primary N) is 1. The number of nitrogens with zero attached hydrogens (tertiary/aromatic N) is 3. The molecule has 0 saturated carbocycles. The highest BCUT2D eigenvalue weighted by Crippen LogP contribution is 2.34. The molecule has 0 amide bonds. The van der Waals surface area contributed by atoms with Crippen molar-refractivity contribution >= 4 is 22.6 Å². The predicted octanol–water partition coefficient (Wildman–Crippen LogP) is 7.64. The molecular weight excluding hydrogens is 478 g/mol. The average molecular weight is 504 g/mol. The molecule has 6 aromatic rings. The van der Waals surface area contributed by atoms with E-state index in [9.17, 15) is 0 Å². The molecular formula is C34H25N5. The van der Waals surface area contributed by atoms with E-state index in [1.54, 1.807) is 0 Å². The molecule has 5 nitrogen and oxygen atoms in total. The minimum absolute atomic E-state index is 0.623. The zero-order chi connectivity index (χ0) is 26.6. The Morgan fingerprint density at radius 1 is 0.513 bits per heavy atom. The van der Waals surface area contributed by atoms with Crippen molar-refractivity contribution in [2.24, 2.45) is 5.73 Å². The van der Waals surface area contributed by atoms with Gasteiger partial charge in [0.15, 0.2) is 17.5 Å². The van der Waals surface area contributed by atoms with E-state index >= 15 is 0 Å². The summed E-state index contributed by atoms with van der Waals surface area (Å²) in [5.41, 5.74) is 12.4. The monoisotopic (exact) mass is 503 g/mol. The fraction of sp³-hybridized carbons (Fsp3) is 0. The molecule has 0 aliphatic carbocycles. The standard InChI is InChI=1S/C34H25N5/c35-21-27(22-36)29-20-19-28(30-13-7-8-14-31(29)30)23-15-17-26(18-16-23)34-38-32(24-9-3-1-4-10-24)37-33(39-34)25-11-5-2-6-12-25/h1-22,35H,36H2/b27-22+,35-21?. The maximum atomic E-state index is 7.75. The molecule has 186 valence electrons. The highest BCUT2D eigenvalue weighted by atomic mass is 15.0. The van der Waals surface area contributed by atoms with Crippen LogP contribution in [0, 0.1) is 5.41 Å². The van der Waals surface area contributed by atoms with E-state index in [1.807, 2.05) is 78.9 Å². The molecule has 0 saturated heterocycles. The van der Waals surface area contributed by atoms with Crippen molar-refractivity contribution < 1.29 is 0 Å². The van der Waals surface area contributed by atoms with Gasteiger partial charge in [-0.2, -0.15) is 0 Å². The summed E-state index contributed by atoms with van der Waals surface area (Å²) in [6.45, 7) is 0. The van der Waals surface area contributed by atoms with Crippen molar-refractivity contribution in [3.63, 3.8) is 0 Å². The Hall–Kier alpha value is -5.42. The molecule has 0 fully saturated rings. The number of fused-ring (bicyclic) bond motifs is 1. The Balaban J connectivity index is 1.44. The Labute approximate surface area is 226 Å². The molecule has 5 heteroatoms. The molecule has 0 bridgehead atoms. The van der Waals surface area contributed by atoms with Crippen LogP contribution >= 0.6 is 0 Å². The smallest absolute Gasteiger partial charge is 0.164 e. The van der Waals surface area contributed by atoms with Gasteiger partial charge in [-0.1, -0.05) is 121 Å². The highest BCUT2D eigenvalue weighted by molar-refractivity contribution is 6.15. The van der Waals surface area contributed by atoms with Crippen LogP contribution in [0.3, 0.4) is 0 Å². The third-order valence-corrected chi connectivity index (χ3v) is 6.72. The lowest BCUT2D eigenvalue weighted by atomic mass is 9.92. The number of aromatic nitrogens is 3. The van der Waals surface area contributed by atoms with E-state index in [0.717, 1.165) is 44.2 Å². The zero-order valence-corrected chi connectivity index (χ0v) is 21.1. The van der Waals surface area contributed by atoms with E-state index in [0.29, 0.717) is 23.0 Å². The van der Waals surface area contributed by atoms with Gasteiger partial charge in [0.2, 0.25) is 0 Å². The van der Waals surface area contributed by atoms with Crippen LogP contribution < -0.4 is 5.73 Å². The molecule has 1 aromatic heterocycles. The summed E-state index contributed by atoms with van der Waals surface area (Å²) in [6, 6.07) is 40.6. The summed E-state index contributed by atoms with van der Waals surface area (Å²) in [5, 5.41) is 9.90. The Morgan fingerprint density at radius 3 is 1.49 bits per heavy atom. The van der Waals surface area contributed by atoms with Crippen LogP contribution in [0.15, 0.2) is 128 Å². The Morgan fingerprint density at radius 2 is 0.974 bits per heavy atom. The SMILES string of the molecule is N=C/C(=C\N)c1ccc(-c2ccc(-c3nc(-c4ccccc4)nc(-c4ccccc4)n3)cc2)c2ccccc12. The van der Waals surface area contributed by atoms with Crippen LogP contribution in [0.4, 0.5) is 0 Å². The lowest BCUT2D eigenvalue weighted by Crippen LogP contribution is -2.00. The number of rotatable bonds is 6. The van der Waals surface area contributed by atoms with Crippen molar-refractivity contribution in [1.29, 1.82) is 5.41 Å². The van der Waals surface area contributed by atoms with E-state index < -0.39 is 0 Å². The third-order valence-electron chi connectivity index (χ3n) is 6.72. The summed E-state index contributed by atoms with van der Waals surface area (Å²) >= 11 is 0. The fourth-order valence-electron chi connectivity index (χ4n) is 4.75. The molecule has 39 heavy (non-hydrogen) atoms. The first-order valence-electron chi connectivity index (χ1n) is 12.7. The van der Waals surface area contributed by atoms with Gasteiger partial charge in [0.25, 0.3) is 0 Å². The van der Waals surface area contributed by atoms with Gasteiger partial charge in [0.05, 0.1) is 0 Å². The lowest BCUT2D eigenvalue weighted by Gasteiger charge is -2.13. The van der Waals surface area contributed by atoms with Gasteiger partial charge in [0.1, 0.15) is 0 Å². The van der Waals surface area contributed by atoms with Crippen LogP contribution in [0.2, 0.25) is 0 Å². The first kappa shape index (κ1) is 23.9. The number of benzene rings is 5. The maximum Gasteiger partial charge on any atom is 0.164 e. The Bertz CT molecular complexity index is 1750. The summed E-state index contributed by atoms with van der Waals surface area (Å²) in [4.78, 5) is 14.5. The van der Waals surface area contributed by atoms with Gasteiger partial charge in [0, 0.05) is 34.7 Å². The van der Waals surface area contributed by atoms with Crippen molar-refractivity contribution in [2.75, 3.05) is 0 Å². The van der Waals surface area contributed by atoms with Gasteiger partial charge in [-0.25, -0.2) is 15.0 Å². The number of hydrogen-bond acceptors (Lipinski definition) is 5. The first-order valence-corrected chi connectivity index (χ1v) is 12.7. The van der Waals surface area contributed by atoms with Crippen molar-refractivity contribution in [3.8, 4) is 45.3 Å². The maximum absolute atomic E-state index is 7.75. The van der Waals surface area contributed by atoms with Gasteiger partial charge in [-0.3, -0.25) is 0 Å². The number of nitrogens with one attached hydrogen (secondary N) is 1. The van der Waals surface area contributed by atoms with E-state index in [2.05, 4.69) is 42.5 Å². The molecule has 0 spiro atoms. The van der Waals surface area contributed by atoms with Crippen LogP contribution in [0.5, 0.6) is 0 Å². The van der Waals surface area contributed by atoms with Gasteiger partial charge < -0.3 is 11.1 Å². The number of hydrogen-bond donors (Lipinski definition) is 2. The minimum atomic E-state index is 0.623. The summed E-state index contributed by atoms with van der Waals surface area (Å²) < 4.78 is 0. The highest BCUT2D eigenvalue weighted by Gasteiger charge is 2.13.